The number of carbonyl (C=O) groups is 2. The van der Waals surface area contributed by atoms with Crippen LogP contribution < -0.4 is 10.1 Å². The van der Waals surface area contributed by atoms with E-state index < -0.39 is 0 Å². The van der Waals surface area contributed by atoms with Gasteiger partial charge in [-0.2, -0.15) is 0 Å². The maximum atomic E-state index is 12.3. The second-order valence-electron chi connectivity index (χ2n) is 6.69. The Morgan fingerprint density at radius 1 is 1.28 bits per heavy atom. The largest absolute Gasteiger partial charge is 0.493 e. The zero-order valence-electron chi connectivity index (χ0n) is 14.7. The predicted molar refractivity (Wildman–Crippen MR) is 93.5 cm³/mol. The van der Waals surface area contributed by atoms with Gasteiger partial charge in [-0.3, -0.25) is 4.79 Å². The fourth-order valence-electron chi connectivity index (χ4n) is 3.44. The summed E-state index contributed by atoms with van der Waals surface area (Å²) in [6.45, 7) is 4.64. The first-order valence-electron chi connectivity index (χ1n) is 9.07. The number of esters is 1. The van der Waals surface area contributed by atoms with Gasteiger partial charge in [0.15, 0.2) is 0 Å². The number of amides is 2. The first-order valence-corrected chi connectivity index (χ1v) is 9.07. The number of likely N-dealkylation sites (tertiary alicyclic amines) is 1. The Morgan fingerprint density at radius 2 is 2.04 bits per heavy atom. The lowest BCUT2D eigenvalue weighted by atomic mass is 9.96. The van der Waals surface area contributed by atoms with Gasteiger partial charge in [-0.05, 0) is 37.8 Å². The molecule has 0 bridgehead atoms. The van der Waals surface area contributed by atoms with Gasteiger partial charge in [0.1, 0.15) is 5.75 Å². The molecule has 0 radical (unpaired) electrons. The smallest absolute Gasteiger partial charge is 0.317 e. The number of benzene rings is 1. The zero-order chi connectivity index (χ0) is 17.6. The van der Waals surface area contributed by atoms with Gasteiger partial charge in [-0.1, -0.05) is 18.2 Å². The Hall–Kier alpha value is -2.24. The van der Waals surface area contributed by atoms with Crippen LogP contribution in [0.5, 0.6) is 5.75 Å². The van der Waals surface area contributed by atoms with Crippen molar-refractivity contribution in [2.24, 2.45) is 11.8 Å². The zero-order valence-corrected chi connectivity index (χ0v) is 14.7. The molecule has 136 valence electrons. The van der Waals surface area contributed by atoms with Gasteiger partial charge in [0, 0.05) is 25.6 Å². The third kappa shape index (κ3) is 4.44. The first-order chi connectivity index (χ1) is 12.2. The molecule has 25 heavy (non-hydrogen) atoms. The summed E-state index contributed by atoms with van der Waals surface area (Å²) in [5.74, 6) is 1.02. The number of hydrogen-bond acceptors (Lipinski definition) is 4. The standard InChI is InChI=1S/C19H26N2O4/c1-2-24-18(22)15-7-9-21(10-8-15)19(23)20-12-14-11-16-5-3-4-6-17(16)25-13-14/h3-6,14-15H,2,7-13H2,1H3,(H,20,23). The van der Waals surface area contributed by atoms with Crippen molar-refractivity contribution >= 4 is 12.0 Å². The van der Waals surface area contributed by atoms with Crippen molar-refractivity contribution in [3.05, 3.63) is 29.8 Å². The van der Waals surface area contributed by atoms with Crippen LogP contribution in [0.4, 0.5) is 4.79 Å². The molecule has 0 spiro atoms. The monoisotopic (exact) mass is 346 g/mol. The fraction of sp³-hybridized carbons (Fsp3) is 0.579. The number of piperidine rings is 1. The van der Waals surface area contributed by atoms with Crippen LogP contribution in [-0.2, 0) is 16.0 Å². The molecule has 1 aromatic carbocycles. The number of para-hydroxylation sites is 1. The highest BCUT2D eigenvalue weighted by atomic mass is 16.5. The van der Waals surface area contributed by atoms with Gasteiger partial charge in [0.05, 0.1) is 19.1 Å². The van der Waals surface area contributed by atoms with E-state index >= 15 is 0 Å². The van der Waals surface area contributed by atoms with Crippen molar-refractivity contribution in [3.8, 4) is 5.75 Å². The van der Waals surface area contributed by atoms with Gasteiger partial charge in [0.2, 0.25) is 0 Å². The lowest BCUT2D eigenvalue weighted by molar-refractivity contribution is -0.149. The molecule has 1 aromatic rings. The number of carbonyl (C=O) groups excluding carboxylic acids is 2. The second kappa shape index (κ2) is 8.23. The molecule has 2 heterocycles. The maximum absolute atomic E-state index is 12.3. The first kappa shape index (κ1) is 17.6. The highest BCUT2D eigenvalue weighted by Crippen LogP contribution is 2.26. The number of nitrogens with zero attached hydrogens (tertiary/aromatic N) is 1. The summed E-state index contributed by atoms with van der Waals surface area (Å²) in [5, 5.41) is 3.01. The average molecular weight is 346 g/mol. The lowest BCUT2D eigenvalue weighted by Crippen LogP contribution is -2.47. The van der Waals surface area contributed by atoms with Crippen molar-refractivity contribution in [3.63, 3.8) is 0 Å². The molecule has 0 aliphatic carbocycles. The van der Waals surface area contributed by atoms with Crippen LogP contribution in [-0.4, -0.2) is 49.7 Å². The van der Waals surface area contributed by atoms with Crippen LogP contribution >= 0.6 is 0 Å². The number of rotatable bonds is 4. The van der Waals surface area contributed by atoms with E-state index in [4.69, 9.17) is 9.47 Å². The molecule has 1 unspecified atom stereocenters. The molecule has 1 fully saturated rings. The van der Waals surface area contributed by atoms with E-state index in [9.17, 15) is 9.59 Å². The van der Waals surface area contributed by atoms with Crippen LogP contribution in [0, 0.1) is 11.8 Å². The van der Waals surface area contributed by atoms with Crippen molar-refractivity contribution in [2.75, 3.05) is 32.8 Å². The minimum Gasteiger partial charge on any atom is -0.493 e. The number of hydrogen-bond donors (Lipinski definition) is 1. The lowest BCUT2D eigenvalue weighted by Gasteiger charge is -2.32. The molecule has 6 heteroatoms. The molecule has 1 atom stereocenters. The molecule has 2 aliphatic heterocycles. The van der Waals surface area contributed by atoms with Gasteiger partial charge in [-0.25, -0.2) is 4.79 Å². The molecule has 1 N–H and O–H groups in total. The molecule has 3 rings (SSSR count). The summed E-state index contributed by atoms with van der Waals surface area (Å²) in [7, 11) is 0. The van der Waals surface area contributed by atoms with E-state index in [1.807, 2.05) is 25.1 Å². The number of nitrogens with one attached hydrogen (secondary N) is 1. The van der Waals surface area contributed by atoms with Crippen molar-refractivity contribution < 1.29 is 19.1 Å². The minimum atomic E-state index is -0.138. The predicted octanol–water partition coefficient (Wildman–Crippen LogP) is 2.22. The van der Waals surface area contributed by atoms with Crippen LogP contribution in [0.2, 0.25) is 0 Å². The second-order valence-corrected chi connectivity index (χ2v) is 6.69. The number of urea groups is 1. The quantitative estimate of drug-likeness (QED) is 0.849. The number of fused-ring (bicyclic) bond motifs is 1. The Bertz CT molecular complexity index is 611. The molecule has 0 saturated carbocycles. The Labute approximate surface area is 148 Å². The summed E-state index contributed by atoms with van der Waals surface area (Å²) in [5.41, 5.74) is 1.20. The molecule has 6 nitrogen and oxygen atoms in total. The van der Waals surface area contributed by atoms with Crippen molar-refractivity contribution in [2.45, 2.75) is 26.2 Å². The molecular weight excluding hydrogens is 320 g/mol. The van der Waals surface area contributed by atoms with Crippen LogP contribution in [0.3, 0.4) is 0 Å². The average Bonchev–Trinajstić information content (AvgIpc) is 2.66. The van der Waals surface area contributed by atoms with E-state index in [0.29, 0.717) is 45.7 Å². The van der Waals surface area contributed by atoms with Crippen LogP contribution in [0.25, 0.3) is 0 Å². The van der Waals surface area contributed by atoms with Crippen LogP contribution in [0.1, 0.15) is 25.3 Å². The Kier molecular flexibility index (Phi) is 5.79. The molecule has 2 aliphatic rings. The normalized spacial score (nSPS) is 20.4. The van der Waals surface area contributed by atoms with E-state index in [2.05, 4.69) is 11.4 Å². The SMILES string of the molecule is CCOC(=O)C1CCN(C(=O)NCC2COc3ccccc3C2)CC1. The molecule has 1 saturated heterocycles. The van der Waals surface area contributed by atoms with Gasteiger partial charge in [-0.15, -0.1) is 0 Å². The Morgan fingerprint density at radius 3 is 2.80 bits per heavy atom. The van der Waals surface area contributed by atoms with Crippen LogP contribution in [0.15, 0.2) is 24.3 Å². The Balaban J connectivity index is 1.41. The fourth-order valence-corrected chi connectivity index (χ4v) is 3.44. The van der Waals surface area contributed by atoms with Gasteiger partial charge in [0.25, 0.3) is 0 Å². The third-order valence-corrected chi connectivity index (χ3v) is 4.90. The third-order valence-electron chi connectivity index (χ3n) is 4.90. The highest BCUT2D eigenvalue weighted by molar-refractivity contribution is 5.76. The van der Waals surface area contributed by atoms with E-state index in [1.54, 1.807) is 4.90 Å². The maximum Gasteiger partial charge on any atom is 0.317 e. The summed E-state index contributed by atoms with van der Waals surface area (Å²) in [6, 6.07) is 7.99. The molecule has 0 aromatic heterocycles. The summed E-state index contributed by atoms with van der Waals surface area (Å²) in [4.78, 5) is 25.9. The highest BCUT2D eigenvalue weighted by Gasteiger charge is 2.28. The molecule has 2 amide bonds. The summed E-state index contributed by atoms with van der Waals surface area (Å²) < 4.78 is 10.8. The summed E-state index contributed by atoms with van der Waals surface area (Å²) >= 11 is 0. The summed E-state index contributed by atoms with van der Waals surface area (Å²) in [6.07, 6.45) is 2.26. The minimum absolute atomic E-state index is 0.0545. The topological polar surface area (TPSA) is 67.9 Å². The van der Waals surface area contributed by atoms with Crippen molar-refractivity contribution in [1.29, 1.82) is 0 Å². The van der Waals surface area contributed by atoms with Gasteiger partial charge < -0.3 is 19.7 Å². The molecular formula is C19H26N2O4. The van der Waals surface area contributed by atoms with E-state index in [1.165, 1.54) is 5.56 Å². The number of ether oxygens (including phenoxy) is 2. The van der Waals surface area contributed by atoms with E-state index in [0.717, 1.165) is 12.2 Å². The van der Waals surface area contributed by atoms with E-state index in [-0.39, 0.29) is 23.8 Å². The van der Waals surface area contributed by atoms with Crippen molar-refractivity contribution in [1.82, 2.24) is 10.2 Å². The van der Waals surface area contributed by atoms with Gasteiger partial charge >= 0.3 is 12.0 Å².